The monoisotopic (exact) mass is 273 g/mol. The van der Waals surface area contributed by atoms with Crippen LogP contribution in [0.1, 0.15) is 33.4 Å². The molecule has 2 heterocycles. The number of aromatic nitrogens is 2. The van der Waals surface area contributed by atoms with Crippen LogP contribution < -0.4 is 11.4 Å². The number of alkyl halides is 2. The van der Waals surface area contributed by atoms with Gasteiger partial charge in [0.2, 0.25) is 5.85 Å². The third kappa shape index (κ3) is 2.01. The number of anilines is 1. The van der Waals surface area contributed by atoms with Crippen molar-refractivity contribution in [3.8, 4) is 0 Å². The van der Waals surface area contributed by atoms with Crippen LogP contribution in [-0.4, -0.2) is 21.1 Å². The first-order valence-electron chi connectivity index (χ1n) is 6.12. The summed E-state index contributed by atoms with van der Waals surface area (Å²) >= 11 is 0. The number of hydrogen-bond donors (Lipinski definition) is 1. The SMILES string of the molecule is CC[C@@]1(F)O[C@@H](n2ccc(N)nc2=O)[C@](C)(F)[C@@H]1C. The van der Waals surface area contributed by atoms with Crippen molar-refractivity contribution >= 4 is 5.82 Å². The lowest BCUT2D eigenvalue weighted by Gasteiger charge is -2.25. The van der Waals surface area contributed by atoms with Gasteiger partial charge in [-0.1, -0.05) is 13.8 Å². The summed E-state index contributed by atoms with van der Waals surface area (Å²) in [5, 5.41) is 0. The van der Waals surface area contributed by atoms with Crippen LogP contribution in [-0.2, 0) is 4.74 Å². The third-order valence-corrected chi connectivity index (χ3v) is 3.87. The van der Waals surface area contributed by atoms with E-state index in [1.54, 1.807) is 6.92 Å². The van der Waals surface area contributed by atoms with Crippen LogP contribution in [0.3, 0.4) is 0 Å². The van der Waals surface area contributed by atoms with E-state index < -0.39 is 29.4 Å². The molecule has 0 amide bonds. The molecular weight excluding hydrogens is 256 g/mol. The zero-order valence-corrected chi connectivity index (χ0v) is 11.1. The molecule has 0 radical (unpaired) electrons. The number of halogens is 2. The minimum absolute atomic E-state index is 0.00132. The van der Waals surface area contributed by atoms with E-state index in [-0.39, 0.29) is 12.2 Å². The summed E-state index contributed by atoms with van der Waals surface area (Å²) in [4.78, 5) is 15.2. The van der Waals surface area contributed by atoms with Crippen LogP contribution >= 0.6 is 0 Å². The van der Waals surface area contributed by atoms with Gasteiger partial charge in [-0.2, -0.15) is 4.98 Å². The smallest absolute Gasteiger partial charge is 0.351 e. The Bertz CT molecular complexity index is 546. The zero-order valence-electron chi connectivity index (χ0n) is 11.1. The molecule has 1 fully saturated rings. The van der Waals surface area contributed by atoms with E-state index in [4.69, 9.17) is 10.5 Å². The second-order valence-corrected chi connectivity index (χ2v) is 5.03. The minimum atomic E-state index is -2.10. The number of rotatable bonds is 2. The predicted molar refractivity (Wildman–Crippen MR) is 65.8 cm³/mol. The normalized spacial score (nSPS) is 38.6. The third-order valence-electron chi connectivity index (χ3n) is 3.87. The first kappa shape index (κ1) is 13.9. The highest BCUT2D eigenvalue weighted by Crippen LogP contribution is 2.52. The summed E-state index contributed by atoms with van der Waals surface area (Å²) in [6, 6.07) is 1.34. The lowest BCUT2D eigenvalue weighted by Crippen LogP contribution is -2.39. The lowest BCUT2D eigenvalue weighted by molar-refractivity contribution is -0.174. The summed E-state index contributed by atoms with van der Waals surface area (Å²) in [7, 11) is 0. The Morgan fingerprint density at radius 3 is 2.68 bits per heavy atom. The van der Waals surface area contributed by atoms with Crippen molar-refractivity contribution < 1.29 is 13.5 Å². The van der Waals surface area contributed by atoms with Gasteiger partial charge in [0.1, 0.15) is 5.82 Å². The molecule has 19 heavy (non-hydrogen) atoms. The fraction of sp³-hybridized carbons (Fsp3) is 0.667. The predicted octanol–water partition coefficient (Wildman–Crippen LogP) is 1.79. The summed E-state index contributed by atoms with van der Waals surface area (Å²) in [6.07, 6.45) is -0.0872. The van der Waals surface area contributed by atoms with Gasteiger partial charge in [-0.25, -0.2) is 13.6 Å². The molecule has 0 unspecified atom stereocenters. The van der Waals surface area contributed by atoms with Gasteiger partial charge < -0.3 is 10.5 Å². The molecule has 2 N–H and O–H groups in total. The van der Waals surface area contributed by atoms with Crippen molar-refractivity contribution in [2.24, 2.45) is 5.92 Å². The minimum Gasteiger partial charge on any atom is -0.383 e. The Balaban J connectivity index is 2.48. The molecule has 5 nitrogen and oxygen atoms in total. The molecule has 1 aliphatic rings. The van der Waals surface area contributed by atoms with Crippen molar-refractivity contribution in [1.29, 1.82) is 0 Å². The van der Waals surface area contributed by atoms with Crippen LogP contribution in [0.4, 0.5) is 14.6 Å². The van der Waals surface area contributed by atoms with Crippen LogP contribution in [0.2, 0.25) is 0 Å². The summed E-state index contributed by atoms with van der Waals surface area (Å²) in [5.41, 5.74) is 2.58. The van der Waals surface area contributed by atoms with Crippen molar-refractivity contribution in [3.63, 3.8) is 0 Å². The quantitative estimate of drug-likeness (QED) is 0.892. The summed E-state index contributed by atoms with van der Waals surface area (Å²) < 4.78 is 35.3. The van der Waals surface area contributed by atoms with Gasteiger partial charge in [0, 0.05) is 12.6 Å². The molecule has 0 saturated carbocycles. The Hall–Kier alpha value is -1.50. The molecule has 106 valence electrons. The second kappa shape index (κ2) is 4.26. The zero-order chi connectivity index (χ0) is 14.4. The van der Waals surface area contributed by atoms with Gasteiger partial charge in [0.25, 0.3) is 0 Å². The highest BCUT2D eigenvalue weighted by Gasteiger charge is 2.61. The first-order valence-corrected chi connectivity index (χ1v) is 6.12. The molecule has 1 aromatic rings. The second-order valence-electron chi connectivity index (χ2n) is 5.03. The van der Waals surface area contributed by atoms with Crippen molar-refractivity contribution in [2.45, 2.75) is 44.9 Å². The highest BCUT2D eigenvalue weighted by atomic mass is 19.2. The van der Waals surface area contributed by atoms with Crippen molar-refractivity contribution in [1.82, 2.24) is 9.55 Å². The fourth-order valence-corrected chi connectivity index (χ4v) is 2.36. The van der Waals surface area contributed by atoms with E-state index in [2.05, 4.69) is 4.98 Å². The Morgan fingerprint density at radius 2 is 2.21 bits per heavy atom. The van der Waals surface area contributed by atoms with Gasteiger partial charge in [-0.15, -0.1) is 0 Å². The number of nitrogen functional groups attached to an aromatic ring is 1. The Kier molecular flexibility index (Phi) is 3.12. The molecule has 0 aromatic carbocycles. The number of ether oxygens (including phenoxy) is 1. The molecule has 1 saturated heterocycles. The van der Waals surface area contributed by atoms with Gasteiger partial charge in [0.05, 0.1) is 5.92 Å². The molecule has 1 aromatic heterocycles. The molecule has 0 aliphatic carbocycles. The van der Waals surface area contributed by atoms with Crippen molar-refractivity contribution in [3.05, 3.63) is 22.7 Å². The van der Waals surface area contributed by atoms with Crippen LogP contribution in [0.15, 0.2) is 17.1 Å². The maximum atomic E-state index is 14.7. The summed E-state index contributed by atoms with van der Waals surface area (Å²) in [6.45, 7) is 4.22. The molecule has 2 rings (SSSR count). The Morgan fingerprint density at radius 1 is 1.58 bits per heavy atom. The lowest BCUT2D eigenvalue weighted by atomic mass is 9.87. The average Bonchev–Trinajstić information content (AvgIpc) is 2.51. The molecular formula is C12H17F2N3O2. The molecule has 0 bridgehead atoms. The van der Waals surface area contributed by atoms with Crippen LogP contribution in [0.25, 0.3) is 0 Å². The van der Waals surface area contributed by atoms with E-state index in [0.29, 0.717) is 0 Å². The molecule has 7 heteroatoms. The average molecular weight is 273 g/mol. The van der Waals surface area contributed by atoms with Gasteiger partial charge in [-0.05, 0) is 13.0 Å². The number of nitrogens with two attached hydrogens (primary N) is 1. The molecule has 4 atom stereocenters. The Labute approximate surface area is 109 Å². The van der Waals surface area contributed by atoms with E-state index in [9.17, 15) is 13.6 Å². The topological polar surface area (TPSA) is 70.1 Å². The standard InChI is InChI=1S/C12H17F2N3O2/c1-4-12(14)7(2)11(3,13)9(19-12)17-6-5-8(15)16-10(17)18/h5-7,9H,4H2,1-3H3,(H2,15,16,18)/t7-,9+,11+,12+/m0/s1. The highest BCUT2D eigenvalue weighted by molar-refractivity contribution is 5.23. The van der Waals surface area contributed by atoms with E-state index in [1.807, 2.05) is 0 Å². The van der Waals surface area contributed by atoms with Crippen molar-refractivity contribution in [2.75, 3.05) is 5.73 Å². The van der Waals surface area contributed by atoms with Crippen LogP contribution in [0, 0.1) is 5.92 Å². The van der Waals surface area contributed by atoms with Gasteiger partial charge in [-0.3, -0.25) is 4.57 Å². The maximum Gasteiger partial charge on any atom is 0.351 e. The summed E-state index contributed by atoms with van der Waals surface area (Å²) in [5.74, 6) is -3.08. The molecule has 0 spiro atoms. The number of nitrogens with zero attached hydrogens (tertiary/aromatic N) is 2. The van der Waals surface area contributed by atoms with E-state index >= 15 is 0 Å². The maximum absolute atomic E-state index is 14.7. The first-order chi connectivity index (χ1) is 8.72. The van der Waals surface area contributed by atoms with E-state index in [0.717, 1.165) is 4.57 Å². The number of hydrogen-bond acceptors (Lipinski definition) is 4. The van der Waals surface area contributed by atoms with E-state index in [1.165, 1.54) is 26.1 Å². The van der Waals surface area contributed by atoms with Gasteiger partial charge >= 0.3 is 5.69 Å². The molecule has 1 aliphatic heterocycles. The fourth-order valence-electron chi connectivity index (χ4n) is 2.36. The van der Waals surface area contributed by atoms with Crippen LogP contribution in [0.5, 0.6) is 0 Å². The van der Waals surface area contributed by atoms with Gasteiger partial charge in [0.15, 0.2) is 11.9 Å². The largest absolute Gasteiger partial charge is 0.383 e.